The van der Waals surface area contributed by atoms with E-state index < -0.39 is 0 Å². The summed E-state index contributed by atoms with van der Waals surface area (Å²) in [4.78, 5) is 5.08. The van der Waals surface area contributed by atoms with Gasteiger partial charge in [-0.1, -0.05) is 0 Å². The van der Waals surface area contributed by atoms with Crippen molar-refractivity contribution >= 4 is 0 Å². The fourth-order valence-electron chi connectivity index (χ4n) is 4.87. The fraction of sp³-hybridized carbons (Fsp3) is 0.900. The van der Waals surface area contributed by atoms with Crippen LogP contribution in [0, 0.1) is 0 Å². The lowest BCUT2D eigenvalue weighted by Gasteiger charge is -2.36. The van der Waals surface area contributed by atoms with Gasteiger partial charge in [-0.2, -0.15) is 0 Å². The summed E-state index contributed by atoms with van der Waals surface area (Å²) in [5.41, 5.74) is 0. The van der Waals surface area contributed by atoms with Crippen LogP contribution in [0.5, 0.6) is 0 Å². The largest absolute Gasteiger partial charge is 0.336 e. The van der Waals surface area contributed by atoms with E-state index in [1.54, 1.807) is 4.68 Å². The molecule has 2 aliphatic heterocycles. The molecule has 2 fully saturated rings. The first kappa shape index (κ1) is 21.5. The van der Waals surface area contributed by atoms with E-state index in [0.717, 1.165) is 76.6 Å². The second-order valence-corrected chi connectivity index (χ2v) is 9.07. The molecule has 1 aromatic heterocycles. The molecule has 0 radical (unpaired) electrons. The molecule has 0 saturated carbocycles. The Morgan fingerprint density at radius 2 is 1.11 bits per heavy atom. The van der Waals surface area contributed by atoms with Crippen LogP contribution in [-0.2, 0) is 12.8 Å². The van der Waals surface area contributed by atoms with Gasteiger partial charge in [-0.05, 0) is 53.6 Å². The highest BCUT2D eigenvalue weighted by molar-refractivity contribution is 4.97. The number of piperazine rings is 2. The molecule has 0 aromatic carbocycles. The number of nitrogens with one attached hydrogen (secondary N) is 2. The first-order valence-corrected chi connectivity index (χ1v) is 11.1. The average Bonchev–Trinajstić information content (AvgIpc) is 2.94. The molecule has 0 bridgehead atoms. The summed E-state index contributed by atoms with van der Waals surface area (Å²) in [6.45, 7) is 15.7. The maximum absolute atomic E-state index is 6.27. The molecule has 8 heteroatoms. The zero-order valence-corrected chi connectivity index (χ0v) is 18.2. The standard InChI is InChI=1S/C20H40N8/c1-15-11-26(12-16(2)22-15)9-5-7-19-24-25-20(28(19)21)8-6-10-27-13-17(3)23-18(4)14-27/h15-18,22-23H,5-14,21H2,1-4H3. The number of aromatic nitrogens is 3. The summed E-state index contributed by atoms with van der Waals surface area (Å²) < 4.78 is 1.73. The molecule has 160 valence electrons. The van der Waals surface area contributed by atoms with E-state index in [-0.39, 0.29) is 0 Å². The molecule has 4 N–H and O–H groups in total. The van der Waals surface area contributed by atoms with Crippen molar-refractivity contribution in [3.63, 3.8) is 0 Å². The fourth-order valence-corrected chi connectivity index (χ4v) is 4.87. The van der Waals surface area contributed by atoms with Gasteiger partial charge in [-0.25, -0.2) is 4.68 Å². The maximum Gasteiger partial charge on any atom is 0.151 e. The van der Waals surface area contributed by atoms with Crippen LogP contribution in [0.3, 0.4) is 0 Å². The lowest BCUT2D eigenvalue weighted by atomic mass is 10.1. The van der Waals surface area contributed by atoms with Crippen molar-refractivity contribution in [2.24, 2.45) is 0 Å². The van der Waals surface area contributed by atoms with Crippen molar-refractivity contribution in [1.82, 2.24) is 35.3 Å². The quantitative estimate of drug-likeness (QED) is 0.546. The first-order valence-electron chi connectivity index (χ1n) is 11.1. The summed E-state index contributed by atoms with van der Waals surface area (Å²) in [5.74, 6) is 8.10. The van der Waals surface area contributed by atoms with Crippen molar-refractivity contribution in [1.29, 1.82) is 0 Å². The third-order valence-corrected chi connectivity index (χ3v) is 5.85. The molecular weight excluding hydrogens is 352 g/mol. The van der Waals surface area contributed by atoms with Crippen molar-refractivity contribution in [2.45, 2.75) is 77.5 Å². The minimum atomic E-state index is 0.565. The van der Waals surface area contributed by atoms with Crippen molar-refractivity contribution in [2.75, 3.05) is 45.1 Å². The number of hydrogen-bond acceptors (Lipinski definition) is 7. The first-order chi connectivity index (χ1) is 13.4. The SMILES string of the molecule is CC1CN(CCCc2nnc(CCCN3CC(C)NC(C)C3)n2N)CC(C)N1. The zero-order chi connectivity index (χ0) is 20.1. The zero-order valence-electron chi connectivity index (χ0n) is 18.2. The molecule has 8 nitrogen and oxygen atoms in total. The molecular formula is C20H40N8. The Bertz CT molecular complexity index is 534. The Labute approximate surface area is 170 Å². The van der Waals surface area contributed by atoms with E-state index in [4.69, 9.17) is 5.84 Å². The monoisotopic (exact) mass is 392 g/mol. The number of nitrogen functional groups attached to an aromatic ring is 1. The van der Waals surface area contributed by atoms with Crippen LogP contribution in [0.2, 0.25) is 0 Å². The Morgan fingerprint density at radius 3 is 1.46 bits per heavy atom. The number of nitrogens with zero attached hydrogens (tertiary/aromatic N) is 5. The highest BCUT2D eigenvalue weighted by atomic mass is 15.4. The Kier molecular flexibility index (Phi) is 7.68. The van der Waals surface area contributed by atoms with E-state index in [9.17, 15) is 0 Å². The Morgan fingerprint density at radius 1 is 0.750 bits per heavy atom. The second-order valence-electron chi connectivity index (χ2n) is 9.07. The second kappa shape index (κ2) is 10.0. The third kappa shape index (κ3) is 6.14. The highest BCUT2D eigenvalue weighted by Gasteiger charge is 2.22. The average molecular weight is 393 g/mol. The van der Waals surface area contributed by atoms with Crippen LogP contribution in [0.15, 0.2) is 0 Å². The van der Waals surface area contributed by atoms with Gasteiger partial charge in [0.25, 0.3) is 0 Å². The van der Waals surface area contributed by atoms with Crippen LogP contribution in [0.1, 0.15) is 52.2 Å². The predicted molar refractivity (Wildman–Crippen MR) is 114 cm³/mol. The highest BCUT2D eigenvalue weighted by Crippen LogP contribution is 2.09. The van der Waals surface area contributed by atoms with Gasteiger partial charge in [-0.15, -0.1) is 10.2 Å². The Hall–Kier alpha value is -1.22. The van der Waals surface area contributed by atoms with Gasteiger partial charge in [0, 0.05) is 63.2 Å². The van der Waals surface area contributed by atoms with E-state index in [2.05, 4.69) is 58.3 Å². The lowest BCUT2D eigenvalue weighted by molar-refractivity contribution is 0.171. The number of hydrogen-bond donors (Lipinski definition) is 3. The van der Waals surface area contributed by atoms with Gasteiger partial charge in [0.05, 0.1) is 0 Å². The molecule has 4 unspecified atom stereocenters. The molecule has 0 spiro atoms. The summed E-state index contributed by atoms with van der Waals surface area (Å²) in [6, 6.07) is 2.26. The van der Waals surface area contributed by atoms with Crippen molar-refractivity contribution < 1.29 is 0 Å². The van der Waals surface area contributed by atoms with E-state index in [0.29, 0.717) is 24.2 Å². The third-order valence-electron chi connectivity index (χ3n) is 5.85. The predicted octanol–water partition coefficient (Wildman–Crippen LogP) is 0.222. The summed E-state index contributed by atoms with van der Waals surface area (Å²) >= 11 is 0. The van der Waals surface area contributed by atoms with E-state index >= 15 is 0 Å². The molecule has 0 amide bonds. The van der Waals surface area contributed by atoms with Crippen LogP contribution < -0.4 is 16.5 Å². The van der Waals surface area contributed by atoms with Crippen LogP contribution in [0.4, 0.5) is 0 Å². The van der Waals surface area contributed by atoms with E-state index in [1.165, 1.54) is 0 Å². The molecule has 4 atom stereocenters. The lowest BCUT2D eigenvalue weighted by Crippen LogP contribution is -2.54. The number of rotatable bonds is 8. The molecule has 2 aliphatic rings. The number of nitrogens with two attached hydrogens (primary N) is 1. The Balaban J connectivity index is 1.38. The summed E-state index contributed by atoms with van der Waals surface area (Å²) in [5, 5.41) is 15.9. The van der Waals surface area contributed by atoms with Crippen molar-refractivity contribution in [3.05, 3.63) is 11.6 Å². The van der Waals surface area contributed by atoms with Gasteiger partial charge >= 0.3 is 0 Å². The topological polar surface area (TPSA) is 87.3 Å². The molecule has 3 rings (SSSR count). The molecule has 1 aromatic rings. The van der Waals surface area contributed by atoms with Gasteiger partial charge in [0.2, 0.25) is 0 Å². The van der Waals surface area contributed by atoms with Crippen LogP contribution in [-0.4, -0.2) is 88.1 Å². The van der Waals surface area contributed by atoms with Crippen LogP contribution >= 0.6 is 0 Å². The molecule has 2 saturated heterocycles. The summed E-state index contributed by atoms with van der Waals surface area (Å²) in [6.07, 6.45) is 3.93. The van der Waals surface area contributed by atoms with Gasteiger partial charge in [0.1, 0.15) is 0 Å². The molecule has 0 aliphatic carbocycles. The van der Waals surface area contributed by atoms with Gasteiger partial charge in [-0.3, -0.25) is 0 Å². The van der Waals surface area contributed by atoms with Crippen molar-refractivity contribution in [3.8, 4) is 0 Å². The number of aryl methyl sites for hydroxylation is 2. The molecule has 28 heavy (non-hydrogen) atoms. The minimum absolute atomic E-state index is 0.565. The van der Waals surface area contributed by atoms with Gasteiger partial charge < -0.3 is 26.3 Å². The maximum atomic E-state index is 6.27. The smallest absolute Gasteiger partial charge is 0.151 e. The minimum Gasteiger partial charge on any atom is -0.336 e. The van der Waals surface area contributed by atoms with Gasteiger partial charge in [0.15, 0.2) is 11.6 Å². The normalized spacial score (nSPS) is 30.0. The van der Waals surface area contributed by atoms with Crippen LogP contribution in [0.25, 0.3) is 0 Å². The summed E-state index contributed by atoms with van der Waals surface area (Å²) in [7, 11) is 0. The van der Waals surface area contributed by atoms with E-state index in [1.807, 2.05) is 0 Å². The molecule has 3 heterocycles.